The van der Waals surface area contributed by atoms with Crippen molar-refractivity contribution in [3.8, 4) is 0 Å². The van der Waals surface area contributed by atoms with Crippen molar-refractivity contribution < 1.29 is 14.4 Å². The molecule has 3 heterocycles. The molecule has 8 nitrogen and oxygen atoms in total. The van der Waals surface area contributed by atoms with Crippen LogP contribution in [0.5, 0.6) is 0 Å². The minimum Gasteiger partial charge on any atom is -0.322 e. The highest BCUT2D eigenvalue weighted by Gasteiger charge is 2.24. The Morgan fingerprint density at radius 3 is 2.53 bits per heavy atom. The molecule has 3 aromatic rings. The number of benzene rings is 1. The SMILES string of the molecule is O=C1CCC(=O)N(c2ccc(C(=O)Nc3ccnc(Sc4ccccn4)c3)cc2)N1. The molecule has 0 atom stereocenters. The standard InChI is InChI=1S/C21H17N5O3S/c27-17-8-9-20(28)26(25-17)16-6-4-14(5-7-16)21(29)24-15-10-12-23-19(13-15)30-18-3-1-2-11-22-18/h1-7,10-13H,8-9H2,(H,25,27)(H,23,24,29). The Morgan fingerprint density at radius 2 is 1.77 bits per heavy atom. The number of anilines is 2. The summed E-state index contributed by atoms with van der Waals surface area (Å²) < 4.78 is 0. The normalized spacial score (nSPS) is 13.7. The summed E-state index contributed by atoms with van der Waals surface area (Å²) in [5, 5.41) is 5.56. The van der Waals surface area contributed by atoms with Crippen LogP contribution in [0.1, 0.15) is 23.2 Å². The summed E-state index contributed by atoms with van der Waals surface area (Å²) in [5.41, 5.74) is 4.06. The van der Waals surface area contributed by atoms with E-state index in [2.05, 4.69) is 20.7 Å². The van der Waals surface area contributed by atoms with Gasteiger partial charge in [-0.05, 0) is 48.5 Å². The lowest BCUT2D eigenvalue weighted by molar-refractivity contribution is -0.130. The van der Waals surface area contributed by atoms with Crippen molar-refractivity contribution in [1.29, 1.82) is 0 Å². The zero-order chi connectivity index (χ0) is 20.9. The molecular formula is C21H17N5O3S. The molecule has 0 bridgehead atoms. The molecule has 9 heteroatoms. The van der Waals surface area contributed by atoms with Gasteiger partial charge in [0.2, 0.25) is 11.8 Å². The first-order valence-corrected chi connectivity index (χ1v) is 9.99. The summed E-state index contributed by atoms with van der Waals surface area (Å²) in [4.78, 5) is 44.6. The number of pyridine rings is 2. The lowest BCUT2D eigenvalue weighted by atomic mass is 10.1. The molecule has 0 unspecified atom stereocenters. The van der Waals surface area contributed by atoms with E-state index in [1.807, 2.05) is 18.2 Å². The maximum atomic E-state index is 12.6. The van der Waals surface area contributed by atoms with Crippen LogP contribution in [0.15, 0.2) is 77.0 Å². The molecule has 150 valence electrons. The van der Waals surface area contributed by atoms with Crippen LogP contribution in [0.4, 0.5) is 11.4 Å². The van der Waals surface area contributed by atoms with Crippen molar-refractivity contribution >= 4 is 40.9 Å². The third-order valence-electron chi connectivity index (χ3n) is 4.28. The molecule has 0 saturated carbocycles. The number of hydrazine groups is 1. The number of carbonyl (C=O) groups is 3. The fourth-order valence-electron chi connectivity index (χ4n) is 2.81. The number of amides is 3. The van der Waals surface area contributed by atoms with Crippen molar-refractivity contribution in [2.45, 2.75) is 22.9 Å². The van der Waals surface area contributed by atoms with Crippen molar-refractivity contribution in [3.63, 3.8) is 0 Å². The van der Waals surface area contributed by atoms with Gasteiger partial charge in [0.25, 0.3) is 5.91 Å². The summed E-state index contributed by atoms with van der Waals surface area (Å²) in [7, 11) is 0. The van der Waals surface area contributed by atoms with Gasteiger partial charge >= 0.3 is 0 Å². The van der Waals surface area contributed by atoms with E-state index >= 15 is 0 Å². The lowest BCUT2D eigenvalue weighted by Gasteiger charge is -2.27. The number of nitrogens with one attached hydrogen (secondary N) is 2. The highest BCUT2D eigenvalue weighted by atomic mass is 32.2. The maximum Gasteiger partial charge on any atom is 0.255 e. The molecule has 1 aliphatic rings. The van der Waals surface area contributed by atoms with Crippen LogP contribution < -0.4 is 15.8 Å². The third kappa shape index (κ3) is 4.64. The highest BCUT2D eigenvalue weighted by Crippen LogP contribution is 2.26. The quantitative estimate of drug-likeness (QED) is 0.659. The van der Waals surface area contributed by atoms with Gasteiger partial charge in [-0.3, -0.25) is 19.8 Å². The summed E-state index contributed by atoms with van der Waals surface area (Å²) in [6.07, 6.45) is 3.67. The van der Waals surface area contributed by atoms with E-state index in [1.165, 1.54) is 16.8 Å². The minimum absolute atomic E-state index is 0.162. The maximum absolute atomic E-state index is 12.6. The number of hydrogen-bond acceptors (Lipinski definition) is 6. The van der Waals surface area contributed by atoms with Crippen LogP contribution in [0, 0.1) is 0 Å². The third-order valence-corrected chi connectivity index (χ3v) is 5.16. The van der Waals surface area contributed by atoms with Gasteiger partial charge < -0.3 is 5.32 Å². The predicted molar refractivity (Wildman–Crippen MR) is 112 cm³/mol. The largest absolute Gasteiger partial charge is 0.322 e. The Morgan fingerprint density at radius 1 is 0.967 bits per heavy atom. The van der Waals surface area contributed by atoms with E-state index in [0.717, 1.165) is 5.03 Å². The van der Waals surface area contributed by atoms with Crippen LogP contribution in [-0.2, 0) is 9.59 Å². The Balaban J connectivity index is 1.43. The van der Waals surface area contributed by atoms with Gasteiger partial charge in [-0.25, -0.2) is 15.0 Å². The van der Waals surface area contributed by atoms with Gasteiger partial charge in [0.1, 0.15) is 10.1 Å². The zero-order valence-corrected chi connectivity index (χ0v) is 16.6. The summed E-state index contributed by atoms with van der Waals surface area (Å²) >= 11 is 1.40. The predicted octanol–water partition coefficient (Wildman–Crippen LogP) is 3.04. The van der Waals surface area contributed by atoms with Gasteiger partial charge in [-0.2, -0.15) is 0 Å². The van der Waals surface area contributed by atoms with Crippen LogP contribution in [-0.4, -0.2) is 27.7 Å². The molecule has 1 saturated heterocycles. The van der Waals surface area contributed by atoms with Crippen LogP contribution in [0.3, 0.4) is 0 Å². The second-order valence-electron chi connectivity index (χ2n) is 6.42. The topological polar surface area (TPSA) is 104 Å². The molecule has 1 aliphatic heterocycles. The molecule has 3 amide bonds. The number of rotatable bonds is 5. The second-order valence-corrected chi connectivity index (χ2v) is 7.46. The summed E-state index contributed by atoms with van der Waals surface area (Å²) in [6, 6.07) is 15.5. The van der Waals surface area contributed by atoms with Crippen LogP contribution >= 0.6 is 11.8 Å². The Bertz CT molecular complexity index is 1090. The molecule has 0 radical (unpaired) electrons. The Labute approximate surface area is 176 Å². The molecule has 2 N–H and O–H groups in total. The van der Waals surface area contributed by atoms with E-state index in [-0.39, 0.29) is 30.6 Å². The first-order valence-electron chi connectivity index (χ1n) is 9.17. The van der Waals surface area contributed by atoms with Gasteiger partial charge in [0, 0.05) is 36.5 Å². The number of carbonyl (C=O) groups excluding carboxylic acids is 3. The van der Waals surface area contributed by atoms with E-state index in [0.29, 0.717) is 22.0 Å². The average Bonchev–Trinajstić information content (AvgIpc) is 2.76. The fourth-order valence-corrected chi connectivity index (χ4v) is 3.58. The van der Waals surface area contributed by atoms with Gasteiger partial charge in [-0.15, -0.1) is 0 Å². The van der Waals surface area contributed by atoms with Gasteiger partial charge in [0.05, 0.1) is 5.69 Å². The molecule has 0 aliphatic carbocycles. The molecule has 1 aromatic carbocycles. The molecule has 30 heavy (non-hydrogen) atoms. The Hall–Kier alpha value is -3.72. The fraction of sp³-hybridized carbons (Fsp3) is 0.0952. The van der Waals surface area contributed by atoms with Gasteiger partial charge in [-0.1, -0.05) is 17.8 Å². The van der Waals surface area contributed by atoms with E-state index in [4.69, 9.17) is 0 Å². The van der Waals surface area contributed by atoms with E-state index in [1.54, 1.807) is 48.8 Å². The van der Waals surface area contributed by atoms with Crippen LogP contribution in [0.2, 0.25) is 0 Å². The minimum atomic E-state index is -0.296. The first-order chi connectivity index (χ1) is 14.6. The van der Waals surface area contributed by atoms with Crippen molar-refractivity contribution in [3.05, 3.63) is 72.6 Å². The van der Waals surface area contributed by atoms with Crippen molar-refractivity contribution in [2.75, 3.05) is 10.3 Å². The molecule has 4 rings (SSSR count). The molecule has 0 spiro atoms. The molecule has 2 aromatic heterocycles. The smallest absolute Gasteiger partial charge is 0.255 e. The number of aromatic nitrogens is 2. The monoisotopic (exact) mass is 419 g/mol. The second kappa shape index (κ2) is 8.75. The van der Waals surface area contributed by atoms with Gasteiger partial charge in [0.15, 0.2) is 0 Å². The molecular weight excluding hydrogens is 402 g/mol. The molecule has 1 fully saturated rings. The van der Waals surface area contributed by atoms with E-state index in [9.17, 15) is 14.4 Å². The lowest BCUT2D eigenvalue weighted by Crippen LogP contribution is -2.50. The van der Waals surface area contributed by atoms with Crippen molar-refractivity contribution in [1.82, 2.24) is 15.4 Å². The first kappa shape index (κ1) is 19.6. The highest BCUT2D eigenvalue weighted by molar-refractivity contribution is 7.99. The zero-order valence-electron chi connectivity index (χ0n) is 15.7. The number of nitrogens with zero attached hydrogens (tertiary/aromatic N) is 3. The van der Waals surface area contributed by atoms with E-state index < -0.39 is 0 Å². The van der Waals surface area contributed by atoms with Crippen LogP contribution in [0.25, 0.3) is 0 Å². The summed E-state index contributed by atoms with van der Waals surface area (Å²) in [6.45, 7) is 0. The Kier molecular flexibility index (Phi) is 5.71. The summed E-state index contributed by atoms with van der Waals surface area (Å²) in [5.74, 6) is -0.703. The van der Waals surface area contributed by atoms with Crippen molar-refractivity contribution in [2.24, 2.45) is 0 Å². The number of hydrogen-bond donors (Lipinski definition) is 2. The average molecular weight is 419 g/mol.